The largest absolute Gasteiger partial charge is 0.365 e. The van der Waals surface area contributed by atoms with Gasteiger partial charge in [-0.1, -0.05) is 53.2 Å². The van der Waals surface area contributed by atoms with Crippen LogP contribution in [0.3, 0.4) is 0 Å². The number of benzene rings is 2. The minimum absolute atomic E-state index is 0.231. The van der Waals surface area contributed by atoms with Crippen LogP contribution < -0.4 is 10.6 Å². The summed E-state index contributed by atoms with van der Waals surface area (Å²) in [6, 6.07) is 14.3. The van der Waals surface area contributed by atoms with Crippen LogP contribution in [0.4, 0.5) is 5.69 Å². The Labute approximate surface area is 176 Å². The maximum absolute atomic E-state index is 13.2. The number of aryl methyl sites for hydroxylation is 1. The van der Waals surface area contributed by atoms with Crippen LogP contribution in [-0.4, -0.2) is 17.1 Å². The maximum atomic E-state index is 13.2. The Hall–Kier alpha value is -2.46. The van der Waals surface area contributed by atoms with Crippen LogP contribution in [0, 0.1) is 18.3 Å². The molecule has 2 aromatic carbocycles. The summed E-state index contributed by atoms with van der Waals surface area (Å²) in [5, 5.41) is 9.96. The van der Waals surface area contributed by atoms with Crippen LogP contribution in [-0.2, 0) is 16.0 Å². The van der Waals surface area contributed by atoms with E-state index < -0.39 is 11.2 Å². The Balaban J connectivity index is 2.04. The molecule has 2 aromatic rings. The summed E-state index contributed by atoms with van der Waals surface area (Å²) in [7, 11) is 0. The lowest BCUT2D eigenvalue weighted by molar-refractivity contribution is -0.117. The van der Waals surface area contributed by atoms with E-state index in [-0.39, 0.29) is 16.5 Å². The Morgan fingerprint density at radius 3 is 2.61 bits per heavy atom. The first-order valence-electron chi connectivity index (χ1n) is 8.27. The number of amides is 2. The lowest BCUT2D eigenvalue weighted by Gasteiger charge is -2.18. The van der Waals surface area contributed by atoms with Gasteiger partial charge in [0.25, 0.3) is 5.91 Å². The molecule has 2 amide bonds. The number of hydrogen-bond acceptors (Lipinski definition) is 4. The molecule has 5 nitrogen and oxygen atoms in total. The van der Waals surface area contributed by atoms with E-state index in [2.05, 4.69) is 0 Å². The zero-order valence-electron chi connectivity index (χ0n) is 14.8. The van der Waals surface area contributed by atoms with Crippen LogP contribution in [0.5, 0.6) is 0 Å². The van der Waals surface area contributed by atoms with Crippen LogP contribution in [0.2, 0.25) is 10.0 Å². The molecule has 0 aromatic heterocycles. The van der Waals surface area contributed by atoms with E-state index in [9.17, 15) is 14.9 Å². The second kappa shape index (κ2) is 8.27. The monoisotopic (exact) mass is 431 g/mol. The molecule has 1 atom stereocenters. The van der Waals surface area contributed by atoms with Crippen LogP contribution in [0.25, 0.3) is 0 Å². The smallest absolute Gasteiger partial charge is 0.262 e. The molecule has 1 aliphatic rings. The third kappa shape index (κ3) is 4.02. The highest BCUT2D eigenvalue weighted by molar-refractivity contribution is 8.05. The molecule has 1 fully saturated rings. The van der Waals surface area contributed by atoms with E-state index in [4.69, 9.17) is 28.9 Å². The quantitative estimate of drug-likeness (QED) is 0.579. The summed E-state index contributed by atoms with van der Waals surface area (Å²) in [5.74, 6) is -1.10. The highest BCUT2D eigenvalue weighted by Crippen LogP contribution is 2.42. The molecule has 0 aliphatic carbocycles. The highest BCUT2D eigenvalue weighted by atomic mass is 35.5. The first-order valence-corrected chi connectivity index (χ1v) is 9.90. The first-order chi connectivity index (χ1) is 13.3. The standard InChI is InChI=1S/C20H15Cl2N3O2S/c1-11-3-2-4-13(7-11)25-19(27)17(28-20(25)14(10-23)18(24)26)9-12-5-6-15(21)16(22)8-12/h2-8,17H,9H2,1H3,(H2,24,26)/b20-14+/t17-/m0/s1. The average molecular weight is 432 g/mol. The molecule has 0 saturated carbocycles. The third-order valence-corrected chi connectivity index (χ3v) is 6.19. The number of rotatable bonds is 4. The highest BCUT2D eigenvalue weighted by Gasteiger charge is 2.40. The third-order valence-electron chi connectivity index (χ3n) is 4.19. The SMILES string of the molecule is Cc1cccc(N2C(=O)[C@H](Cc3ccc(Cl)c(Cl)c3)S/C2=C(\C#N)C(N)=O)c1. The van der Waals surface area contributed by atoms with E-state index in [1.165, 1.54) is 4.90 Å². The zero-order valence-corrected chi connectivity index (χ0v) is 17.1. The molecule has 0 unspecified atom stereocenters. The van der Waals surface area contributed by atoms with Crippen molar-refractivity contribution in [2.45, 2.75) is 18.6 Å². The molecule has 3 rings (SSSR count). The Kier molecular flexibility index (Phi) is 5.99. The number of primary amides is 1. The van der Waals surface area contributed by atoms with Gasteiger partial charge in [-0.2, -0.15) is 5.26 Å². The van der Waals surface area contributed by atoms with Gasteiger partial charge < -0.3 is 5.73 Å². The topological polar surface area (TPSA) is 87.2 Å². The Morgan fingerprint density at radius 1 is 1.25 bits per heavy atom. The van der Waals surface area contributed by atoms with E-state index in [1.807, 2.05) is 31.2 Å². The Bertz CT molecular complexity index is 1050. The van der Waals surface area contributed by atoms with Crippen molar-refractivity contribution in [2.75, 3.05) is 4.90 Å². The minimum Gasteiger partial charge on any atom is -0.365 e. The van der Waals surface area contributed by atoms with Crippen LogP contribution in [0.1, 0.15) is 11.1 Å². The minimum atomic E-state index is -0.870. The number of halogens is 2. The number of nitriles is 1. The molecule has 0 bridgehead atoms. The summed E-state index contributed by atoms with van der Waals surface area (Å²) in [6.45, 7) is 1.90. The normalized spacial score (nSPS) is 18.1. The zero-order chi connectivity index (χ0) is 20.4. The van der Waals surface area contributed by atoms with Gasteiger partial charge in [-0.3, -0.25) is 14.5 Å². The summed E-state index contributed by atoms with van der Waals surface area (Å²) in [5.41, 5.74) is 7.48. The average Bonchev–Trinajstić information content (AvgIpc) is 2.94. The van der Waals surface area contributed by atoms with Crippen molar-refractivity contribution in [1.82, 2.24) is 0 Å². The van der Waals surface area contributed by atoms with Crippen LogP contribution >= 0.6 is 35.0 Å². The van der Waals surface area contributed by atoms with Gasteiger partial charge >= 0.3 is 0 Å². The molecule has 0 spiro atoms. The summed E-state index contributed by atoms with van der Waals surface area (Å²) >= 11 is 13.2. The number of nitrogens with two attached hydrogens (primary N) is 1. The molecule has 1 heterocycles. The van der Waals surface area contributed by atoms with Crippen molar-refractivity contribution in [3.63, 3.8) is 0 Å². The number of carbonyl (C=O) groups is 2. The lowest BCUT2D eigenvalue weighted by atomic mass is 10.1. The maximum Gasteiger partial charge on any atom is 0.262 e. The van der Waals surface area contributed by atoms with Crippen molar-refractivity contribution in [3.8, 4) is 6.07 Å². The number of carbonyl (C=O) groups excluding carboxylic acids is 2. The van der Waals surface area contributed by atoms with Gasteiger partial charge in [0.05, 0.1) is 15.3 Å². The summed E-state index contributed by atoms with van der Waals surface area (Å²) in [6.07, 6.45) is 0.365. The first kappa shape index (κ1) is 20.3. The van der Waals surface area contributed by atoms with E-state index in [0.717, 1.165) is 22.9 Å². The molecule has 1 saturated heterocycles. The van der Waals surface area contributed by atoms with Gasteiger partial charge in [-0.25, -0.2) is 0 Å². The Morgan fingerprint density at radius 2 is 2.00 bits per heavy atom. The van der Waals surface area contributed by atoms with Crippen molar-refractivity contribution < 1.29 is 9.59 Å². The number of nitrogens with zero attached hydrogens (tertiary/aromatic N) is 2. The summed E-state index contributed by atoms with van der Waals surface area (Å²) < 4.78 is 0. The van der Waals surface area contributed by atoms with Crippen LogP contribution in [0.15, 0.2) is 53.1 Å². The van der Waals surface area contributed by atoms with Crippen molar-refractivity contribution >= 4 is 52.5 Å². The fraction of sp³-hybridized carbons (Fsp3) is 0.150. The molecule has 1 aliphatic heterocycles. The van der Waals surface area contributed by atoms with Gasteiger partial charge in [-0.15, -0.1) is 0 Å². The number of thioether (sulfide) groups is 1. The molecular weight excluding hydrogens is 417 g/mol. The van der Waals surface area contributed by atoms with Gasteiger partial charge in [0.2, 0.25) is 5.91 Å². The fourth-order valence-corrected chi connectivity index (χ4v) is 4.52. The predicted octanol–water partition coefficient (Wildman–Crippen LogP) is 4.21. The van der Waals surface area contributed by atoms with E-state index in [1.54, 1.807) is 24.3 Å². The predicted molar refractivity (Wildman–Crippen MR) is 112 cm³/mol. The molecule has 142 valence electrons. The number of anilines is 1. The molecule has 28 heavy (non-hydrogen) atoms. The van der Waals surface area contributed by atoms with Gasteiger partial charge in [0, 0.05) is 5.69 Å². The fourth-order valence-electron chi connectivity index (χ4n) is 2.88. The lowest BCUT2D eigenvalue weighted by Crippen LogP contribution is -2.31. The molecule has 2 N–H and O–H groups in total. The van der Waals surface area contributed by atoms with Crippen molar-refractivity contribution in [1.29, 1.82) is 5.26 Å². The van der Waals surface area contributed by atoms with Crippen molar-refractivity contribution in [2.24, 2.45) is 5.73 Å². The van der Waals surface area contributed by atoms with Gasteiger partial charge in [0.15, 0.2) is 0 Å². The summed E-state index contributed by atoms with van der Waals surface area (Å²) in [4.78, 5) is 26.3. The second-order valence-corrected chi connectivity index (χ2v) is 8.23. The van der Waals surface area contributed by atoms with Crippen molar-refractivity contribution in [3.05, 3.63) is 74.2 Å². The second-order valence-electron chi connectivity index (χ2n) is 6.23. The van der Waals surface area contributed by atoms with E-state index in [0.29, 0.717) is 22.2 Å². The van der Waals surface area contributed by atoms with Gasteiger partial charge in [-0.05, 0) is 48.7 Å². The molecular formula is C20H15Cl2N3O2S. The van der Waals surface area contributed by atoms with Gasteiger partial charge in [0.1, 0.15) is 16.7 Å². The molecule has 8 heteroatoms. The molecule has 0 radical (unpaired) electrons. The number of hydrogen-bond donors (Lipinski definition) is 1. The van der Waals surface area contributed by atoms with E-state index >= 15 is 0 Å².